The van der Waals surface area contributed by atoms with E-state index >= 15 is 0 Å². The van der Waals surface area contributed by atoms with E-state index in [4.69, 9.17) is 26.1 Å². The van der Waals surface area contributed by atoms with E-state index in [0.717, 1.165) is 43.0 Å². The van der Waals surface area contributed by atoms with E-state index in [0.29, 0.717) is 42.7 Å². The van der Waals surface area contributed by atoms with E-state index in [2.05, 4.69) is 29.3 Å². The van der Waals surface area contributed by atoms with Crippen molar-refractivity contribution in [3.8, 4) is 6.01 Å². The number of piperazine rings is 1. The zero-order valence-corrected chi connectivity index (χ0v) is 22.3. The molecule has 4 heterocycles. The third kappa shape index (κ3) is 5.69. The number of carboxylic acids is 1. The summed E-state index contributed by atoms with van der Waals surface area (Å²) in [6.07, 6.45) is 2.47. The molecule has 6 rings (SSSR count). The van der Waals surface area contributed by atoms with Crippen molar-refractivity contribution in [3.63, 3.8) is 0 Å². The van der Waals surface area contributed by atoms with Crippen LogP contribution in [0.4, 0.5) is 10.3 Å². The van der Waals surface area contributed by atoms with Gasteiger partial charge in [-0.3, -0.25) is 4.90 Å². The molecule has 1 N–H and O–H groups in total. The number of carbonyl (C=O) groups is 1. The third-order valence-electron chi connectivity index (χ3n) is 7.18. The Morgan fingerprint density at radius 3 is 2.67 bits per heavy atom. The molecule has 1 atom stereocenters. The van der Waals surface area contributed by atoms with Crippen molar-refractivity contribution in [3.05, 3.63) is 70.5 Å². The highest BCUT2D eigenvalue weighted by Gasteiger charge is 2.25. The van der Waals surface area contributed by atoms with E-state index in [1.807, 2.05) is 0 Å². The molecular formula is C27H27ClFN7O4. The fourth-order valence-corrected chi connectivity index (χ4v) is 5.00. The van der Waals surface area contributed by atoms with E-state index in [1.54, 1.807) is 30.3 Å². The van der Waals surface area contributed by atoms with Gasteiger partial charge in [0.25, 0.3) is 0 Å². The van der Waals surface area contributed by atoms with Crippen LogP contribution >= 0.6 is 11.6 Å². The number of imidazole rings is 1. The number of rotatable bonds is 9. The van der Waals surface area contributed by atoms with Gasteiger partial charge in [0, 0.05) is 43.4 Å². The van der Waals surface area contributed by atoms with E-state index < -0.39 is 11.8 Å². The lowest BCUT2D eigenvalue weighted by molar-refractivity contribution is -0.0592. The Kier molecular flexibility index (Phi) is 7.46. The van der Waals surface area contributed by atoms with Crippen LogP contribution in [0.25, 0.3) is 11.0 Å². The molecule has 13 heteroatoms. The van der Waals surface area contributed by atoms with Crippen molar-refractivity contribution in [1.29, 1.82) is 0 Å². The second kappa shape index (κ2) is 11.3. The summed E-state index contributed by atoms with van der Waals surface area (Å²) in [7, 11) is 0. The first-order chi connectivity index (χ1) is 19.4. The first-order valence-electron chi connectivity index (χ1n) is 13.0. The molecule has 4 aromatic rings. The number of halogens is 2. The second-order valence-corrected chi connectivity index (χ2v) is 10.2. The maximum atomic E-state index is 14.1. The minimum atomic E-state index is -0.962. The molecule has 2 aromatic carbocycles. The molecule has 0 spiro atoms. The van der Waals surface area contributed by atoms with Crippen molar-refractivity contribution in [2.24, 2.45) is 0 Å². The summed E-state index contributed by atoms with van der Waals surface area (Å²) in [4.78, 5) is 33.5. The second-order valence-electron chi connectivity index (χ2n) is 9.78. The molecule has 0 aliphatic carbocycles. The van der Waals surface area contributed by atoms with Gasteiger partial charge >= 0.3 is 12.0 Å². The molecule has 2 aromatic heterocycles. The first-order valence-corrected chi connectivity index (χ1v) is 13.4. The fourth-order valence-electron chi connectivity index (χ4n) is 4.84. The molecule has 0 saturated carbocycles. The lowest BCUT2D eigenvalue weighted by atomic mass is 10.1. The Hall–Kier alpha value is -3.87. The number of aromatic carboxylic acids is 1. The van der Waals surface area contributed by atoms with Crippen molar-refractivity contribution in [1.82, 2.24) is 29.4 Å². The number of fused-ring (bicyclic) bond motifs is 1. The van der Waals surface area contributed by atoms with Crippen LogP contribution in [0.1, 0.15) is 28.2 Å². The van der Waals surface area contributed by atoms with E-state index in [-0.39, 0.29) is 24.3 Å². The van der Waals surface area contributed by atoms with Gasteiger partial charge in [-0.05, 0) is 36.8 Å². The average Bonchev–Trinajstić information content (AvgIpc) is 3.26. The number of anilines is 1. The Morgan fingerprint density at radius 2 is 1.95 bits per heavy atom. The van der Waals surface area contributed by atoms with Crippen LogP contribution in [-0.2, 0) is 24.4 Å². The molecule has 0 bridgehead atoms. The van der Waals surface area contributed by atoms with Crippen molar-refractivity contribution >= 4 is 34.6 Å². The Morgan fingerprint density at radius 1 is 1.12 bits per heavy atom. The van der Waals surface area contributed by atoms with Gasteiger partial charge in [-0.2, -0.15) is 9.97 Å². The predicted molar refractivity (Wildman–Crippen MR) is 144 cm³/mol. The molecule has 40 heavy (non-hydrogen) atoms. The predicted octanol–water partition coefficient (Wildman–Crippen LogP) is 3.40. The highest BCUT2D eigenvalue weighted by molar-refractivity contribution is 6.30. The average molecular weight is 568 g/mol. The molecule has 2 aliphatic rings. The lowest BCUT2D eigenvalue weighted by Crippen LogP contribution is -2.47. The number of hydrogen-bond acceptors (Lipinski definition) is 9. The lowest BCUT2D eigenvalue weighted by Gasteiger charge is -2.34. The summed E-state index contributed by atoms with van der Waals surface area (Å²) in [6, 6.07) is 9.56. The molecule has 2 saturated heterocycles. The van der Waals surface area contributed by atoms with Crippen LogP contribution in [0, 0.1) is 5.82 Å². The summed E-state index contributed by atoms with van der Waals surface area (Å²) in [5, 5.41) is 9.79. The Bertz CT molecular complexity index is 1540. The minimum absolute atomic E-state index is 0.0267. The molecule has 1 unspecified atom stereocenters. The van der Waals surface area contributed by atoms with E-state index in [9.17, 15) is 14.3 Å². The maximum Gasteiger partial charge on any atom is 0.335 e. The number of carboxylic acid groups (broad SMARTS) is 1. The van der Waals surface area contributed by atoms with Gasteiger partial charge < -0.3 is 24.0 Å². The smallest absolute Gasteiger partial charge is 0.335 e. The van der Waals surface area contributed by atoms with Gasteiger partial charge in [0.1, 0.15) is 24.6 Å². The topological polar surface area (TPSA) is 119 Å². The molecule has 208 valence electrons. The van der Waals surface area contributed by atoms with Crippen LogP contribution in [0.2, 0.25) is 5.02 Å². The zero-order chi connectivity index (χ0) is 27.6. The summed E-state index contributed by atoms with van der Waals surface area (Å²) in [5.74, 6) is -0.0335. The monoisotopic (exact) mass is 567 g/mol. The van der Waals surface area contributed by atoms with Gasteiger partial charge in [-0.1, -0.05) is 17.7 Å². The third-order valence-corrected chi connectivity index (χ3v) is 7.42. The fraction of sp³-hybridized carbons (Fsp3) is 0.370. The van der Waals surface area contributed by atoms with Crippen LogP contribution in [0.3, 0.4) is 0 Å². The molecule has 0 amide bonds. The summed E-state index contributed by atoms with van der Waals surface area (Å²) in [5.41, 5.74) is 2.17. The summed E-state index contributed by atoms with van der Waals surface area (Å²) >= 11 is 5.81. The largest absolute Gasteiger partial charge is 0.478 e. The van der Waals surface area contributed by atoms with Gasteiger partial charge in [0.15, 0.2) is 0 Å². The standard InChI is InChI=1S/C27H27ClFN7O4/c28-19-3-1-18(21(29)12-19)15-40-27-31-16-30-26(33-27)35-8-6-34(7-9-35)14-24-32-22-4-2-17(25(37)38)11-23(22)36(24)13-20-5-10-39-20/h1-4,11-12,16,20H,5-10,13-15H2,(H,37,38). The zero-order valence-electron chi connectivity index (χ0n) is 21.5. The molecule has 2 aliphatic heterocycles. The van der Waals surface area contributed by atoms with Crippen molar-refractivity contribution < 1.29 is 23.8 Å². The Labute approximate surface area is 234 Å². The van der Waals surface area contributed by atoms with Gasteiger partial charge in [0.2, 0.25) is 5.95 Å². The number of benzene rings is 2. The van der Waals surface area contributed by atoms with Gasteiger partial charge in [-0.25, -0.2) is 19.2 Å². The Balaban J connectivity index is 1.11. The van der Waals surface area contributed by atoms with Crippen LogP contribution in [0.15, 0.2) is 42.7 Å². The molecular weight excluding hydrogens is 541 g/mol. The number of hydrogen-bond donors (Lipinski definition) is 1. The first kappa shape index (κ1) is 26.4. The van der Waals surface area contributed by atoms with Crippen LogP contribution in [-0.4, -0.2) is 79.4 Å². The highest BCUT2D eigenvalue weighted by Crippen LogP contribution is 2.24. The minimum Gasteiger partial charge on any atom is -0.478 e. The van der Waals surface area contributed by atoms with Crippen molar-refractivity contribution in [2.45, 2.75) is 32.2 Å². The maximum absolute atomic E-state index is 14.1. The van der Waals surface area contributed by atoms with E-state index in [1.165, 1.54) is 12.4 Å². The molecule has 11 nitrogen and oxygen atoms in total. The SMILES string of the molecule is O=C(O)c1ccc2nc(CN3CCN(c4ncnc(OCc5ccc(Cl)cc5F)n4)CC3)n(CC3CCO3)c2c1. The number of nitrogens with zero attached hydrogens (tertiary/aromatic N) is 7. The van der Waals surface area contributed by atoms with Gasteiger partial charge in [-0.15, -0.1) is 0 Å². The normalized spacial score (nSPS) is 17.6. The summed E-state index contributed by atoms with van der Waals surface area (Å²) < 4.78 is 27.4. The molecule has 0 radical (unpaired) electrons. The van der Waals surface area contributed by atoms with Crippen molar-refractivity contribution in [2.75, 3.05) is 37.7 Å². The quantitative estimate of drug-likeness (QED) is 0.322. The number of aromatic nitrogens is 5. The van der Waals surface area contributed by atoms with Crippen LogP contribution in [0.5, 0.6) is 6.01 Å². The highest BCUT2D eigenvalue weighted by atomic mass is 35.5. The van der Waals surface area contributed by atoms with Gasteiger partial charge in [0.05, 0.1) is 35.8 Å². The number of ether oxygens (including phenoxy) is 2. The molecule has 2 fully saturated rings. The summed E-state index contributed by atoms with van der Waals surface area (Å²) in [6.45, 7) is 4.85. The van der Waals surface area contributed by atoms with Crippen LogP contribution < -0.4 is 9.64 Å².